The Morgan fingerprint density at radius 2 is 0.600 bits per heavy atom. The van der Waals surface area contributed by atoms with Crippen LogP contribution in [0.3, 0.4) is 0 Å². The largest absolute Gasteiger partial charge is 0.309 e. The summed E-state index contributed by atoms with van der Waals surface area (Å²) >= 11 is 0. The summed E-state index contributed by atoms with van der Waals surface area (Å²) in [6.45, 7) is 0. The van der Waals surface area contributed by atoms with Crippen LogP contribution in [0.2, 0.25) is 0 Å². The minimum absolute atomic E-state index is 1.16. The van der Waals surface area contributed by atoms with Gasteiger partial charge in [-0.2, -0.15) is 0 Å². The van der Waals surface area contributed by atoms with E-state index in [1.165, 1.54) is 82.7 Å². The quantitative estimate of drug-likeness (QED) is 0.178. The van der Waals surface area contributed by atoms with Crippen LogP contribution < -0.4 is 0 Å². The van der Waals surface area contributed by atoms with Gasteiger partial charge >= 0.3 is 0 Å². The predicted octanol–water partition coefficient (Wildman–Crippen LogP) is 12.9. The summed E-state index contributed by atoms with van der Waals surface area (Å²) in [7, 11) is 0. The molecule has 0 radical (unpaired) electrons. The Labute approximate surface area is 290 Å². The zero-order valence-electron chi connectivity index (χ0n) is 27.4. The van der Waals surface area contributed by atoms with Gasteiger partial charge in [-0.05, 0) is 81.9 Å². The molecule has 0 aliphatic heterocycles. The van der Waals surface area contributed by atoms with E-state index in [9.17, 15) is 0 Å². The zero-order chi connectivity index (χ0) is 33.0. The molecule has 0 N–H and O–H groups in total. The maximum Gasteiger partial charge on any atom is 0.0541 e. The highest BCUT2D eigenvalue weighted by molar-refractivity contribution is 6.10. The standard InChI is InChI=1S/C48H32N2/c1-2-12-35(13-3-1)44-32-38(50-47-20-10-6-16-42(47)43-17-7-11-21-48(43)50)30-31-39(44)36-24-22-33(23-25-36)34-26-28-37(29-27-34)49-45-18-8-4-14-40(45)41-15-5-9-19-46(41)49/h1-32H. The van der Waals surface area contributed by atoms with Gasteiger partial charge in [0.25, 0.3) is 0 Å². The second-order valence-electron chi connectivity index (χ2n) is 13.0. The molecule has 0 saturated carbocycles. The molecule has 10 aromatic rings. The number of aromatic nitrogens is 2. The summed E-state index contributed by atoms with van der Waals surface area (Å²) in [5.41, 5.74) is 14.4. The van der Waals surface area contributed by atoms with Crippen molar-refractivity contribution in [2.24, 2.45) is 0 Å². The van der Waals surface area contributed by atoms with Crippen molar-refractivity contribution in [3.8, 4) is 44.8 Å². The highest BCUT2D eigenvalue weighted by Crippen LogP contribution is 2.38. The summed E-state index contributed by atoms with van der Waals surface area (Å²) in [6.07, 6.45) is 0. The monoisotopic (exact) mass is 636 g/mol. The number of nitrogens with zero attached hydrogens (tertiary/aromatic N) is 2. The molecule has 0 amide bonds. The number of hydrogen-bond acceptors (Lipinski definition) is 0. The number of rotatable bonds is 5. The molecule has 8 aromatic carbocycles. The lowest BCUT2D eigenvalue weighted by atomic mass is 9.92. The average Bonchev–Trinajstić information content (AvgIpc) is 3.71. The molecule has 0 saturated heterocycles. The molecule has 10 rings (SSSR count). The molecule has 0 spiro atoms. The fourth-order valence-electron chi connectivity index (χ4n) is 7.83. The molecule has 0 aliphatic rings. The van der Waals surface area contributed by atoms with Crippen LogP contribution in [0.5, 0.6) is 0 Å². The Kier molecular flexibility index (Phi) is 6.53. The van der Waals surface area contributed by atoms with Crippen LogP contribution in [-0.2, 0) is 0 Å². The van der Waals surface area contributed by atoms with Crippen LogP contribution >= 0.6 is 0 Å². The van der Waals surface area contributed by atoms with Crippen LogP contribution in [0.15, 0.2) is 194 Å². The Morgan fingerprint density at radius 1 is 0.240 bits per heavy atom. The fraction of sp³-hybridized carbons (Fsp3) is 0. The Balaban J connectivity index is 1.04. The van der Waals surface area contributed by atoms with Crippen LogP contribution in [0.4, 0.5) is 0 Å². The second-order valence-corrected chi connectivity index (χ2v) is 13.0. The van der Waals surface area contributed by atoms with Crippen molar-refractivity contribution in [2.45, 2.75) is 0 Å². The molecule has 2 nitrogen and oxygen atoms in total. The van der Waals surface area contributed by atoms with E-state index < -0.39 is 0 Å². The predicted molar refractivity (Wildman–Crippen MR) is 211 cm³/mol. The first-order valence-corrected chi connectivity index (χ1v) is 17.2. The molecule has 0 unspecified atom stereocenters. The van der Waals surface area contributed by atoms with Gasteiger partial charge < -0.3 is 9.13 Å². The molecular weight excluding hydrogens is 605 g/mol. The van der Waals surface area contributed by atoms with E-state index in [-0.39, 0.29) is 0 Å². The third-order valence-electron chi connectivity index (χ3n) is 10.2. The van der Waals surface area contributed by atoms with E-state index in [1.807, 2.05) is 0 Å². The van der Waals surface area contributed by atoms with Gasteiger partial charge in [-0.15, -0.1) is 0 Å². The molecular formula is C48H32N2. The number of benzene rings is 8. The van der Waals surface area contributed by atoms with Crippen molar-refractivity contribution >= 4 is 43.6 Å². The molecule has 234 valence electrons. The molecule has 50 heavy (non-hydrogen) atoms. The molecule has 0 fully saturated rings. The molecule has 0 bridgehead atoms. The lowest BCUT2D eigenvalue weighted by Gasteiger charge is -2.15. The summed E-state index contributed by atoms with van der Waals surface area (Å²) < 4.78 is 4.76. The lowest BCUT2D eigenvalue weighted by Crippen LogP contribution is -1.96. The Hall–Kier alpha value is -6.64. The third kappa shape index (κ3) is 4.50. The van der Waals surface area contributed by atoms with E-state index in [0.29, 0.717) is 0 Å². The molecule has 2 heterocycles. The average molecular weight is 637 g/mol. The maximum atomic E-state index is 2.40. The van der Waals surface area contributed by atoms with Gasteiger partial charge in [0.1, 0.15) is 0 Å². The second kappa shape index (κ2) is 11.5. The summed E-state index contributed by atoms with van der Waals surface area (Å²) in [5.74, 6) is 0. The SMILES string of the molecule is c1ccc(-c2cc(-n3c4ccccc4c4ccccc43)ccc2-c2ccc(-c3ccc(-n4c5ccccc5c5ccccc54)cc3)cc2)cc1. The number of hydrogen-bond donors (Lipinski definition) is 0. The fourth-order valence-corrected chi connectivity index (χ4v) is 7.83. The normalized spacial score (nSPS) is 11.6. The first-order chi connectivity index (χ1) is 24.8. The first kappa shape index (κ1) is 28.4. The lowest BCUT2D eigenvalue weighted by molar-refractivity contribution is 1.18. The minimum Gasteiger partial charge on any atom is -0.309 e. The van der Waals surface area contributed by atoms with Crippen LogP contribution in [-0.4, -0.2) is 9.13 Å². The Morgan fingerprint density at radius 3 is 1.10 bits per heavy atom. The van der Waals surface area contributed by atoms with E-state index >= 15 is 0 Å². The van der Waals surface area contributed by atoms with Crippen LogP contribution in [0, 0.1) is 0 Å². The molecule has 0 aliphatic carbocycles. The van der Waals surface area contributed by atoms with Gasteiger partial charge in [0.2, 0.25) is 0 Å². The molecule has 0 atom stereocenters. The Bertz CT molecular complexity index is 2730. The van der Waals surface area contributed by atoms with Crippen LogP contribution in [0.25, 0.3) is 88.4 Å². The number of para-hydroxylation sites is 4. The minimum atomic E-state index is 1.16. The molecule has 2 aromatic heterocycles. The van der Waals surface area contributed by atoms with Crippen molar-refractivity contribution in [1.82, 2.24) is 9.13 Å². The van der Waals surface area contributed by atoms with Crippen molar-refractivity contribution in [3.05, 3.63) is 194 Å². The summed E-state index contributed by atoms with van der Waals surface area (Å²) in [6, 6.07) is 70.4. The third-order valence-corrected chi connectivity index (χ3v) is 10.2. The van der Waals surface area contributed by atoms with Gasteiger partial charge in [-0.25, -0.2) is 0 Å². The van der Waals surface area contributed by atoms with Crippen molar-refractivity contribution in [1.29, 1.82) is 0 Å². The van der Waals surface area contributed by atoms with Crippen molar-refractivity contribution in [3.63, 3.8) is 0 Å². The van der Waals surface area contributed by atoms with Crippen molar-refractivity contribution in [2.75, 3.05) is 0 Å². The van der Waals surface area contributed by atoms with E-state index in [1.54, 1.807) is 0 Å². The highest BCUT2D eigenvalue weighted by Gasteiger charge is 2.16. The van der Waals surface area contributed by atoms with E-state index in [0.717, 1.165) is 5.69 Å². The van der Waals surface area contributed by atoms with Gasteiger partial charge in [0, 0.05) is 32.9 Å². The van der Waals surface area contributed by atoms with Gasteiger partial charge in [-0.3, -0.25) is 0 Å². The topological polar surface area (TPSA) is 9.86 Å². The summed E-state index contributed by atoms with van der Waals surface area (Å²) in [5, 5.41) is 5.10. The molecule has 2 heteroatoms. The van der Waals surface area contributed by atoms with Gasteiger partial charge in [0.15, 0.2) is 0 Å². The van der Waals surface area contributed by atoms with E-state index in [4.69, 9.17) is 0 Å². The summed E-state index contributed by atoms with van der Waals surface area (Å²) in [4.78, 5) is 0. The van der Waals surface area contributed by atoms with E-state index in [2.05, 4.69) is 203 Å². The van der Waals surface area contributed by atoms with Gasteiger partial charge in [-0.1, -0.05) is 146 Å². The van der Waals surface area contributed by atoms with Crippen molar-refractivity contribution < 1.29 is 0 Å². The van der Waals surface area contributed by atoms with Crippen LogP contribution in [0.1, 0.15) is 0 Å². The zero-order valence-corrected chi connectivity index (χ0v) is 27.4. The van der Waals surface area contributed by atoms with Gasteiger partial charge in [0.05, 0.1) is 22.1 Å². The maximum absolute atomic E-state index is 2.40. The first-order valence-electron chi connectivity index (χ1n) is 17.2. The number of fused-ring (bicyclic) bond motifs is 6. The smallest absolute Gasteiger partial charge is 0.0541 e. The highest BCUT2D eigenvalue weighted by atomic mass is 15.0.